The fourth-order valence-electron chi connectivity index (χ4n) is 4.15. The van der Waals surface area contributed by atoms with Crippen molar-refractivity contribution in [2.45, 2.75) is 59.5 Å². The number of hydrogen-bond donors (Lipinski definition) is 2. The number of anilines is 3. The molecule has 1 aliphatic heterocycles. The van der Waals surface area contributed by atoms with Gasteiger partial charge in [-0.25, -0.2) is 4.98 Å². The quantitative estimate of drug-likeness (QED) is 0.509. The van der Waals surface area contributed by atoms with Crippen LogP contribution in [0.1, 0.15) is 53.7 Å². The van der Waals surface area contributed by atoms with Crippen LogP contribution in [0, 0.1) is 32.1 Å². The lowest BCUT2D eigenvalue weighted by molar-refractivity contribution is 0.439. The number of benzene rings is 1. The van der Waals surface area contributed by atoms with Crippen molar-refractivity contribution in [2.24, 2.45) is 0 Å². The molecule has 0 aliphatic carbocycles. The average molecular weight is 445 g/mol. The maximum absolute atomic E-state index is 9.34. The van der Waals surface area contributed by atoms with Crippen molar-refractivity contribution in [3.63, 3.8) is 0 Å². The van der Waals surface area contributed by atoms with Crippen LogP contribution in [0.2, 0.25) is 0 Å². The number of nitrogens with zero attached hydrogens (tertiary/aromatic N) is 4. The predicted molar refractivity (Wildman–Crippen MR) is 131 cm³/mol. The van der Waals surface area contributed by atoms with Crippen molar-refractivity contribution >= 4 is 17.5 Å². The van der Waals surface area contributed by atoms with Gasteiger partial charge < -0.3 is 20.0 Å². The molecule has 2 aromatic heterocycles. The minimum absolute atomic E-state index is 0.381. The molecule has 1 aromatic carbocycles. The minimum Gasteiger partial charge on any atom is -0.465 e. The number of nitriles is 1. The second-order valence-corrected chi connectivity index (χ2v) is 8.82. The number of aromatic nitrogens is 2. The summed E-state index contributed by atoms with van der Waals surface area (Å²) in [4.78, 5) is 11.8. The Morgan fingerprint density at radius 1 is 1.15 bits per heavy atom. The molecule has 0 spiro atoms. The van der Waals surface area contributed by atoms with Gasteiger partial charge in [-0.15, -0.1) is 0 Å². The van der Waals surface area contributed by atoms with Crippen molar-refractivity contribution in [3.8, 4) is 6.07 Å². The third-order valence-electron chi connectivity index (χ3n) is 6.18. The van der Waals surface area contributed by atoms with Gasteiger partial charge in [-0.1, -0.05) is 19.4 Å². The van der Waals surface area contributed by atoms with Crippen molar-refractivity contribution in [2.75, 3.05) is 23.3 Å². The SMILES string of the molecule is CCCc1cc(N2CC[C@H](NCc3cc(C)c(C)o3)C2)nc(Nc2ccc(C)c(C#N)c2)n1. The smallest absolute Gasteiger partial charge is 0.229 e. The zero-order valence-corrected chi connectivity index (χ0v) is 19.9. The first-order chi connectivity index (χ1) is 15.9. The summed E-state index contributed by atoms with van der Waals surface area (Å²) < 4.78 is 5.80. The normalized spacial score (nSPS) is 15.6. The highest BCUT2D eigenvalue weighted by Crippen LogP contribution is 2.24. The van der Waals surface area contributed by atoms with Crippen LogP contribution in [-0.2, 0) is 13.0 Å². The first-order valence-corrected chi connectivity index (χ1v) is 11.6. The van der Waals surface area contributed by atoms with Crippen LogP contribution < -0.4 is 15.5 Å². The Balaban J connectivity index is 1.46. The molecule has 7 heteroatoms. The van der Waals surface area contributed by atoms with E-state index in [1.807, 2.05) is 32.0 Å². The number of rotatable bonds is 8. The first-order valence-electron chi connectivity index (χ1n) is 11.6. The lowest BCUT2D eigenvalue weighted by Crippen LogP contribution is -2.32. The van der Waals surface area contributed by atoms with Gasteiger partial charge in [-0.3, -0.25) is 0 Å². The summed E-state index contributed by atoms with van der Waals surface area (Å²) in [6.45, 7) is 10.7. The van der Waals surface area contributed by atoms with Crippen LogP contribution in [0.15, 0.2) is 34.7 Å². The van der Waals surface area contributed by atoms with E-state index in [-0.39, 0.29) is 0 Å². The highest BCUT2D eigenvalue weighted by molar-refractivity contribution is 5.59. The molecule has 1 fully saturated rings. The van der Waals surface area contributed by atoms with Gasteiger partial charge in [0.05, 0.1) is 18.2 Å². The van der Waals surface area contributed by atoms with E-state index in [1.165, 1.54) is 5.56 Å². The van der Waals surface area contributed by atoms with E-state index < -0.39 is 0 Å². The van der Waals surface area contributed by atoms with E-state index in [9.17, 15) is 5.26 Å². The molecular formula is C26H32N6O. The van der Waals surface area contributed by atoms with Gasteiger partial charge in [0.25, 0.3) is 0 Å². The highest BCUT2D eigenvalue weighted by Gasteiger charge is 2.24. The third-order valence-corrected chi connectivity index (χ3v) is 6.18. The Labute approximate surface area is 195 Å². The van der Waals surface area contributed by atoms with E-state index in [1.54, 1.807) is 0 Å². The second kappa shape index (κ2) is 10.1. The van der Waals surface area contributed by atoms with E-state index in [2.05, 4.69) is 47.6 Å². The molecular weight excluding hydrogens is 412 g/mol. The number of furan rings is 1. The lowest BCUT2D eigenvalue weighted by Gasteiger charge is -2.20. The van der Waals surface area contributed by atoms with E-state index >= 15 is 0 Å². The van der Waals surface area contributed by atoms with Crippen LogP contribution in [0.3, 0.4) is 0 Å². The first kappa shape index (κ1) is 22.8. The van der Waals surface area contributed by atoms with Crippen LogP contribution >= 0.6 is 0 Å². The summed E-state index contributed by atoms with van der Waals surface area (Å²) in [5.74, 6) is 3.48. The largest absolute Gasteiger partial charge is 0.465 e. The van der Waals surface area contributed by atoms with Gasteiger partial charge in [0.2, 0.25) is 5.95 Å². The van der Waals surface area contributed by atoms with E-state index in [0.717, 1.165) is 73.2 Å². The molecule has 1 saturated heterocycles. The topological polar surface area (TPSA) is 90.0 Å². The van der Waals surface area contributed by atoms with Crippen LogP contribution in [0.25, 0.3) is 0 Å². The third kappa shape index (κ3) is 5.52. The maximum atomic E-state index is 9.34. The van der Waals surface area contributed by atoms with Crippen molar-refractivity contribution < 1.29 is 4.42 Å². The molecule has 7 nitrogen and oxygen atoms in total. The molecule has 0 amide bonds. The molecule has 3 aromatic rings. The minimum atomic E-state index is 0.381. The van der Waals surface area contributed by atoms with Gasteiger partial charge in [-0.05, 0) is 62.9 Å². The standard InChI is InChI=1S/C26H32N6O/c1-5-6-21-13-25(31-26(29-21)30-22-8-7-17(2)20(12-22)14-27)32-10-9-23(16-32)28-15-24-11-18(3)19(4)33-24/h7-8,11-13,23,28H,5-6,9-10,15-16H2,1-4H3,(H,29,30,31)/t23-/m0/s1. The summed E-state index contributed by atoms with van der Waals surface area (Å²) in [6.07, 6.45) is 2.97. The van der Waals surface area contributed by atoms with Gasteiger partial charge in [0.1, 0.15) is 17.3 Å². The second-order valence-electron chi connectivity index (χ2n) is 8.82. The Kier molecular flexibility index (Phi) is 6.95. The van der Waals surface area contributed by atoms with Crippen molar-refractivity contribution in [1.29, 1.82) is 5.26 Å². The predicted octanol–water partition coefficient (Wildman–Crippen LogP) is 4.93. The average Bonchev–Trinajstić information content (AvgIpc) is 3.40. The fraction of sp³-hybridized carbons (Fsp3) is 0.423. The van der Waals surface area contributed by atoms with Gasteiger partial charge in [0.15, 0.2) is 0 Å². The van der Waals surface area contributed by atoms with Crippen LogP contribution in [-0.4, -0.2) is 29.1 Å². The molecule has 172 valence electrons. The summed E-state index contributed by atoms with van der Waals surface area (Å²) in [5, 5.41) is 16.3. The Morgan fingerprint density at radius 2 is 2.00 bits per heavy atom. The number of aryl methyl sites for hydroxylation is 4. The summed E-state index contributed by atoms with van der Waals surface area (Å²) in [6, 6.07) is 12.6. The molecule has 3 heterocycles. The summed E-state index contributed by atoms with van der Waals surface area (Å²) in [7, 11) is 0. The van der Waals surface area contributed by atoms with Crippen LogP contribution in [0.4, 0.5) is 17.5 Å². The molecule has 2 N–H and O–H groups in total. The Morgan fingerprint density at radius 3 is 2.73 bits per heavy atom. The fourth-order valence-corrected chi connectivity index (χ4v) is 4.15. The zero-order chi connectivity index (χ0) is 23.4. The summed E-state index contributed by atoms with van der Waals surface area (Å²) in [5.41, 5.74) is 4.65. The van der Waals surface area contributed by atoms with Gasteiger partial charge in [-0.2, -0.15) is 10.2 Å². The molecule has 0 unspecified atom stereocenters. The molecule has 1 atom stereocenters. The van der Waals surface area contributed by atoms with Gasteiger partial charge in [0, 0.05) is 36.6 Å². The molecule has 1 aliphatic rings. The number of nitrogens with one attached hydrogen (secondary N) is 2. The number of hydrogen-bond acceptors (Lipinski definition) is 7. The summed E-state index contributed by atoms with van der Waals surface area (Å²) >= 11 is 0. The monoisotopic (exact) mass is 444 g/mol. The highest BCUT2D eigenvalue weighted by atomic mass is 16.3. The molecule has 0 saturated carbocycles. The van der Waals surface area contributed by atoms with E-state index in [4.69, 9.17) is 14.4 Å². The molecule has 4 rings (SSSR count). The maximum Gasteiger partial charge on any atom is 0.229 e. The van der Waals surface area contributed by atoms with Crippen molar-refractivity contribution in [3.05, 3.63) is 64.2 Å². The Hall–Kier alpha value is -3.37. The van der Waals surface area contributed by atoms with Crippen LogP contribution in [0.5, 0.6) is 0 Å². The molecule has 0 bridgehead atoms. The zero-order valence-electron chi connectivity index (χ0n) is 19.9. The lowest BCUT2D eigenvalue weighted by atomic mass is 10.1. The Bertz CT molecular complexity index is 1140. The molecule has 0 radical (unpaired) electrons. The van der Waals surface area contributed by atoms with Gasteiger partial charge >= 0.3 is 0 Å². The van der Waals surface area contributed by atoms with Crippen molar-refractivity contribution in [1.82, 2.24) is 15.3 Å². The van der Waals surface area contributed by atoms with E-state index in [0.29, 0.717) is 17.6 Å². The molecule has 33 heavy (non-hydrogen) atoms.